The van der Waals surface area contributed by atoms with Crippen LogP contribution in [0.2, 0.25) is 5.02 Å². The number of rotatable bonds is 7. The summed E-state index contributed by atoms with van der Waals surface area (Å²) in [6, 6.07) is 17.1. The van der Waals surface area contributed by atoms with Crippen LogP contribution in [-0.2, 0) is 14.4 Å². The van der Waals surface area contributed by atoms with Gasteiger partial charge in [-0.1, -0.05) is 41.0 Å². The van der Waals surface area contributed by atoms with E-state index >= 15 is 0 Å². The van der Waals surface area contributed by atoms with E-state index in [-0.39, 0.29) is 18.6 Å². The molecule has 0 fully saturated rings. The van der Waals surface area contributed by atoms with Gasteiger partial charge in [0.25, 0.3) is 5.91 Å². The van der Waals surface area contributed by atoms with Crippen molar-refractivity contribution in [1.29, 1.82) is 0 Å². The molecule has 1 amide bonds. The number of ether oxygens (including phenoxy) is 1. The fourth-order valence-electron chi connectivity index (χ4n) is 3.34. The van der Waals surface area contributed by atoms with Gasteiger partial charge >= 0.3 is 5.97 Å². The van der Waals surface area contributed by atoms with E-state index < -0.39 is 5.97 Å². The van der Waals surface area contributed by atoms with Crippen molar-refractivity contribution in [2.24, 2.45) is 10.3 Å². The van der Waals surface area contributed by atoms with Gasteiger partial charge in [0.2, 0.25) is 0 Å². The summed E-state index contributed by atoms with van der Waals surface area (Å²) in [5, 5.41) is 10.4. The van der Waals surface area contributed by atoms with Crippen LogP contribution in [0.15, 0.2) is 81.6 Å². The van der Waals surface area contributed by atoms with Crippen molar-refractivity contribution in [3.8, 4) is 0 Å². The van der Waals surface area contributed by atoms with Crippen molar-refractivity contribution < 1.29 is 23.6 Å². The lowest BCUT2D eigenvalue weighted by Gasteiger charge is -2.19. The predicted octanol–water partition coefficient (Wildman–Crippen LogP) is 4.45. The highest BCUT2D eigenvalue weighted by Gasteiger charge is 2.35. The molecule has 0 spiro atoms. The van der Waals surface area contributed by atoms with Crippen LogP contribution in [0, 0.1) is 0 Å². The first kappa shape index (κ1) is 22.3. The first-order valence-electron chi connectivity index (χ1n) is 10.1. The number of halogens is 1. The second-order valence-corrected chi connectivity index (χ2v) is 7.59. The van der Waals surface area contributed by atoms with Crippen LogP contribution in [0.3, 0.4) is 0 Å². The van der Waals surface area contributed by atoms with Crippen LogP contribution >= 0.6 is 11.6 Å². The molecule has 0 aliphatic carbocycles. The summed E-state index contributed by atoms with van der Waals surface area (Å²) in [6.07, 6.45) is 3.51. The van der Waals surface area contributed by atoms with Crippen molar-refractivity contribution in [2.75, 3.05) is 13.7 Å². The number of esters is 1. The molecule has 1 atom stereocenters. The maximum Gasteiger partial charge on any atom is 0.337 e. The van der Waals surface area contributed by atoms with Gasteiger partial charge in [0.15, 0.2) is 6.61 Å². The van der Waals surface area contributed by atoms with E-state index in [1.54, 1.807) is 48.7 Å². The molecule has 0 saturated heterocycles. The molecule has 8 nitrogen and oxygen atoms in total. The van der Waals surface area contributed by atoms with E-state index in [1.165, 1.54) is 18.3 Å². The fourth-order valence-corrected chi connectivity index (χ4v) is 3.47. The van der Waals surface area contributed by atoms with Gasteiger partial charge in [-0.15, -0.1) is 0 Å². The van der Waals surface area contributed by atoms with Crippen molar-refractivity contribution in [3.05, 3.63) is 94.4 Å². The molecular formula is C24H20ClN3O5. The number of carbonyl (C=O) groups excluding carboxylic acids is 2. The van der Waals surface area contributed by atoms with E-state index in [0.29, 0.717) is 28.3 Å². The molecule has 9 heteroatoms. The minimum atomic E-state index is -0.421. The molecule has 1 aliphatic heterocycles. The number of oxime groups is 1. The Bertz CT molecular complexity index is 1170. The smallest absolute Gasteiger partial charge is 0.337 e. The number of hydrazone groups is 1. The summed E-state index contributed by atoms with van der Waals surface area (Å²) < 4.78 is 10.2. The highest BCUT2D eigenvalue weighted by molar-refractivity contribution is 6.30. The molecule has 2 aromatic carbocycles. The maximum absolute atomic E-state index is 12.9. The molecule has 168 valence electrons. The number of amides is 1. The monoisotopic (exact) mass is 465 g/mol. The molecule has 3 aromatic rings. The molecule has 0 N–H and O–H groups in total. The highest BCUT2D eigenvalue weighted by Crippen LogP contribution is 2.33. The summed E-state index contributed by atoms with van der Waals surface area (Å²) in [7, 11) is 1.32. The average Bonchev–Trinajstić information content (AvgIpc) is 3.52. The van der Waals surface area contributed by atoms with Crippen LogP contribution in [0.4, 0.5) is 0 Å². The van der Waals surface area contributed by atoms with E-state index in [1.807, 2.05) is 18.2 Å². The molecular weight excluding hydrogens is 446 g/mol. The Kier molecular flexibility index (Phi) is 6.85. The lowest BCUT2D eigenvalue weighted by molar-refractivity contribution is -0.138. The Balaban J connectivity index is 1.42. The Morgan fingerprint density at radius 2 is 1.94 bits per heavy atom. The molecule has 4 rings (SSSR count). The van der Waals surface area contributed by atoms with Crippen molar-refractivity contribution >= 4 is 35.4 Å². The lowest BCUT2D eigenvalue weighted by atomic mass is 10.0. The second-order valence-electron chi connectivity index (χ2n) is 7.15. The van der Waals surface area contributed by atoms with E-state index in [2.05, 4.69) is 15.0 Å². The zero-order valence-electron chi connectivity index (χ0n) is 17.7. The minimum absolute atomic E-state index is 0.300. The van der Waals surface area contributed by atoms with Crippen LogP contribution in [0.1, 0.15) is 39.7 Å². The third kappa shape index (κ3) is 5.30. The number of benzene rings is 2. The lowest BCUT2D eigenvalue weighted by Crippen LogP contribution is -2.29. The Morgan fingerprint density at radius 3 is 2.61 bits per heavy atom. The van der Waals surface area contributed by atoms with Crippen LogP contribution in [0.25, 0.3) is 0 Å². The van der Waals surface area contributed by atoms with Crippen LogP contribution in [-0.4, -0.2) is 42.5 Å². The standard InChI is InChI=1S/C24H20ClN3O5/c1-31-24(30)18-6-4-16(5-7-18)14-26-33-15-23(29)28-21(22-3-2-12-32-22)13-20(27-28)17-8-10-19(25)11-9-17/h2-12,14,21H,13,15H2,1H3/b26-14+. The van der Waals surface area contributed by atoms with Gasteiger partial charge in [0.1, 0.15) is 11.8 Å². The van der Waals surface area contributed by atoms with Crippen LogP contribution < -0.4 is 0 Å². The summed E-state index contributed by atoms with van der Waals surface area (Å²) >= 11 is 5.98. The molecule has 2 heterocycles. The normalized spacial score (nSPS) is 15.5. The molecule has 0 radical (unpaired) electrons. The Morgan fingerprint density at radius 1 is 1.18 bits per heavy atom. The molecule has 1 aliphatic rings. The van der Waals surface area contributed by atoms with Gasteiger partial charge in [0.05, 0.1) is 30.9 Å². The zero-order chi connectivity index (χ0) is 23.2. The average molecular weight is 466 g/mol. The van der Waals surface area contributed by atoms with E-state index in [0.717, 1.165) is 11.3 Å². The summed E-state index contributed by atoms with van der Waals surface area (Å²) in [4.78, 5) is 29.5. The Labute approximate surface area is 195 Å². The fraction of sp³-hybridized carbons (Fsp3) is 0.167. The minimum Gasteiger partial charge on any atom is -0.467 e. The first-order chi connectivity index (χ1) is 16.0. The number of hydrogen-bond acceptors (Lipinski definition) is 7. The molecule has 33 heavy (non-hydrogen) atoms. The molecule has 0 saturated carbocycles. The Hall–Kier alpha value is -3.91. The van der Waals surface area contributed by atoms with E-state index in [4.69, 9.17) is 20.9 Å². The summed E-state index contributed by atoms with van der Waals surface area (Å²) in [5.74, 6) is -0.153. The van der Waals surface area contributed by atoms with Gasteiger partial charge in [-0.3, -0.25) is 4.79 Å². The number of furan rings is 1. The summed E-state index contributed by atoms with van der Waals surface area (Å²) in [6.45, 7) is -0.300. The number of hydrogen-bond donors (Lipinski definition) is 0. The molecule has 1 aromatic heterocycles. The van der Waals surface area contributed by atoms with Gasteiger partial charge in [-0.05, 0) is 47.5 Å². The first-order valence-corrected chi connectivity index (χ1v) is 10.5. The topological polar surface area (TPSA) is 93.7 Å². The van der Waals surface area contributed by atoms with Crippen molar-refractivity contribution in [1.82, 2.24) is 5.01 Å². The quantitative estimate of drug-likeness (QED) is 0.292. The molecule has 1 unspecified atom stereocenters. The van der Waals surface area contributed by atoms with E-state index in [9.17, 15) is 9.59 Å². The van der Waals surface area contributed by atoms with Gasteiger partial charge < -0.3 is 14.0 Å². The van der Waals surface area contributed by atoms with Gasteiger partial charge in [-0.2, -0.15) is 5.10 Å². The highest BCUT2D eigenvalue weighted by atomic mass is 35.5. The second kappa shape index (κ2) is 10.1. The largest absolute Gasteiger partial charge is 0.467 e. The third-order valence-corrected chi connectivity index (χ3v) is 5.26. The van der Waals surface area contributed by atoms with Crippen LogP contribution in [0.5, 0.6) is 0 Å². The van der Waals surface area contributed by atoms with Gasteiger partial charge in [0, 0.05) is 11.4 Å². The number of carbonyl (C=O) groups is 2. The number of nitrogens with zero attached hydrogens (tertiary/aromatic N) is 3. The summed E-state index contributed by atoms with van der Waals surface area (Å²) in [5.41, 5.74) is 2.75. The van der Waals surface area contributed by atoms with Crippen molar-refractivity contribution in [3.63, 3.8) is 0 Å². The predicted molar refractivity (Wildman–Crippen MR) is 122 cm³/mol. The SMILES string of the molecule is COC(=O)c1ccc(/C=N/OCC(=O)N2N=C(c3ccc(Cl)cc3)CC2c2ccco2)cc1. The molecule has 0 bridgehead atoms. The number of methoxy groups -OCH3 is 1. The third-order valence-electron chi connectivity index (χ3n) is 5.01. The van der Waals surface area contributed by atoms with Crippen molar-refractivity contribution in [2.45, 2.75) is 12.5 Å². The maximum atomic E-state index is 12.9. The van der Waals surface area contributed by atoms with Gasteiger partial charge in [-0.25, -0.2) is 9.80 Å². The zero-order valence-corrected chi connectivity index (χ0v) is 18.4.